The molecule has 2 radical (unpaired) electrons. The van der Waals surface area contributed by atoms with Gasteiger partial charge in [0.15, 0.2) is 0 Å². The Labute approximate surface area is 302 Å². The number of rotatable bonds is 8. The van der Waals surface area contributed by atoms with Gasteiger partial charge in [-0.05, 0) is 0 Å². The van der Waals surface area contributed by atoms with Gasteiger partial charge in [-0.1, -0.05) is 7.43 Å². The Morgan fingerprint density at radius 3 is 1.57 bits per heavy atom. The van der Waals surface area contributed by atoms with E-state index >= 15 is 0 Å². The number of carbonyl (C=O) groups excluding carboxylic acids is 5. The first-order valence-corrected chi connectivity index (χ1v) is 16.1. The van der Waals surface area contributed by atoms with Crippen molar-refractivity contribution in [1.82, 2.24) is 0 Å². The molecule has 2 aromatic carbocycles. The summed E-state index contributed by atoms with van der Waals surface area (Å²) in [7, 11) is 0. The van der Waals surface area contributed by atoms with Crippen molar-refractivity contribution < 1.29 is 75.1 Å². The number of esters is 3. The second-order valence-electron chi connectivity index (χ2n) is 8.85. The number of halogens is 4. The van der Waals surface area contributed by atoms with Crippen LogP contribution in [0.3, 0.4) is 0 Å². The first-order valence-electron chi connectivity index (χ1n) is 12.2. The summed E-state index contributed by atoms with van der Waals surface area (Å²) in [5.74, 6) is -11.0. The molecule has 2 aliphatic heterocycles. The first-order chi connectivity index (χ1) is 20.6. The molecule has 0 bridgehead atoms. The Bertz CT molecular complexity index is 1360. The van der Waals surface area contributed by atoms with E-state index in [1.807, 2.05) is 0 Å². The molecule has 47 heavy (non-hydrogen) atoms. The van der Waals surface area contributed by atoms with Crippen LogP contribution in [0, 0.1) is 0 Å². The summed E-state index contributed by atoms with van der Waals surface area (Å²) in [5, 5.41) is 9.20. The van der Waals surface area contributed by atoms with E-state index in [4.69, 9.17) is 9.47 Å². The molecule has 12 nitrogen and oxygen atoms in total. The molecule has 2 heterocycles. The molecule has 2 aliphatic rings. The zero-order chi connectivity index (χ0) is 32.7. The van der Waals surface area contributed by atoms with Crippen LogP contribution in [-0.4, -0.2) is 136 Å². The summed E-state index contributed by atoms with van der Waals surface area (Å²) >= 11 is -0.212. The Kier molecular flexibility index (Phi) is 19.1. The van der Waals surface area contributed by atoms with Gasteiger partial charge in [0.1, 0.15) is 0 Å². The molecule has 2 fully saturated rings. The zero-order valence-electron chi connectivity index (χ0n) is 23.4. The van der Waals surface area contributed by atoms with Crippen LogP contribution in [0.15, 0.2) is 60.7 Å². The number of carbonyl (C=O) groups is 5. The molecule has 2 saturated heterocycles. The summed E-state index contributed by atoms with van der Waals surface area (Å²) in [4.78, 5) is 56.5. The average molecular weight is 1100 g/mol. The summed E-state index contributed by atoms with van der Waals surface area (Å²) in [6, 6.07) is 15.8. The standard InChI is InChI=1S/C13H11F2O6.C13H9F2O6.CH4.2Bi.2H3P.2H/c2*14-13(15)10(20-7-16)9(21-12(13)18)6-19-11(17)8-4-2-1-3-5-8;;;;;;;/h1-5,9-10,12,18H,6H2;1-5,9-10H,6H2;1H4;;;2*1H3;;/t9-,10?,12?;9-,10?;;;;;;;/m11......./s1. The summed E-state index contributed by atoms with van der Waals surface area (Å²) < 4.78 is 80.7. The molecule has 0 spiro atoms. The van der Waals surface area contributed by atoms with Crippen LogP contribution in [0.25, 0.3) is 0 Å². The molecule has 2 aromatic rings. The zero-order valence-corrected chi connectivity index (χ0v) is 34.0. The number of ether oxygens (including phenoxy) is 6. The minimum atomic E-state index is -3.95. The first kappa shape index (κ1) is 45.1. The number of cyclic esters (lactones) is 1. The number of aliphatic hydroxyl groups is 1. The van der Waals surface area contributed by atoms with E-state index in [1.165, 1.54) is 24.3 Å². The molecule has 0 amide bonds. The van der Waals surface area contributed by atoms with E-state index in [2.05, 4.69) is 18.9 Å². The van der Waals surface area contributed by atoms with Gasteiger partial charge in [-0.3, -0.25) is 0 Å². The van der Waals surface area contributed by atoms with E-state index in [-0.39, 0.29) is 87.8 Å². The van der Waals surface area contributed by atoms with Crippen molar-refractivity contribution in [3.63, 3.8) is 0 Å². The van der Waals surface area contributed by atoms with Gasteiger partial charge in [-0.2, -0.15) is 19.8 Å². The van der Waals surface area contributed by atoms with Crippen molar-refractivity contribution in [3.05, 3.63) is 71.8 Å². The van der Waals surface area contributed by atoms with E-state index in [9.17, 15) is 46.6 Å². The molecular weight excluding hydrogens is 1070 g/mol. The second-order valence-corrected chi connectivity index (χ2v) is 12.0. The quantitative estimate of drug-likeness (QED) is 0.135. The molecule has 0 aliphatic carbocycles. The molecule has 0 aromatic heterocycles. The summed E-state index contributed by atoms with van der Waals surface area (Å²) in [6.45, 7) is -1.20. The topological polar surface area (TPSA) is 161 Å². The Morgan fingerprint density at radius 2 is 1.15 bits per heavy atom. The third kappa shape index (κ3) is 12.2. The number of hydrogen-bond acceptors (Lipinski definition) is 12. The van der Waals surface area contributed by atoms with E-state index in [1.54, 1.807) is 36.4 Å². The van der Waals surface area contributed by atoms with Crippen molar-refractivity contribution in [2.24, 2.45) is 0 Å². The monoisotopic (exact) mass is 1100 g/mol. The van der Waals surface area contributed by atoms with E-state index in [0.29, 0.717) is 0 Å². The van der Waals surface area contributed by atoms with Crippen LogP contribution in [0.5, 0.6) is 0 Å². The van der Waals surface area contributed by atoms with Crippen LogP contribution < -0.4 is 0 Å². The number of benzene rings is 2. The second kappa shape index (κ2) is 19.9. The van der Waals surface area contributed by atoms with Crippen molar-refractivity contribution in [1.29, 1.82) is 0 Å². The van der Waals surface area contributed by atoms with Gasteiger partial charge < -0.3 is 0 Å². The molecule has 5 unspecified atom stereocenters. The van der Waals surface area contributed by atoms with Gasteiger partial charge in [0.25, 0.3) is 0 Å². The number of hydrogen-bond donors (Lipinski definition) is 1. The smallest absolute Gasteiger partial charge is 0.153 e. The fraction of sp³-hybridized carbons (Fsp3) is 0.370. The average Bonchev–Trinajstić information content (AvgIpc) is 3.32. The third-order valence-electron chi connectivity index (χ3n) is 5.82. The van der Waals surface area contributed by atoms with Gasteiger partial charge in [0.2, 0.25) is 0 Å². The van der Waals surface area contributed by atoms with Crippen LogP contribution >= 0.6 is 19.8 Å². The molecule has 0 saturated carbocycles. The fourth-order valence-corrected chi connectivity index (χ4v) is 4.74. The van der Waals surface area contributed by atoms with Gasteiger partial charge in [-0.25, -0.2) is 0 Å². The summed E-state index contributed by atoms with van der Waals surface area (Å²) in [5.41, 5.74) is 0.458. The maximum absolute atomic E-state index is 13.7. The van der Waals surface area contributed by atoms with E-state index in [0.717, 1.165) is 0 Å². The Morgan fingerprint density at radius 1 is 0.745 bits per heavy atom. The Balaban J connectivity index is 0.000000846. The van der Waals surface area contributed by atoms with Gasteiger partial charge in [0.05, 0.1) is 0 Å². The third-order valence-corrected chi connectivity index (χ3v) is 6.74. The van der Waals surface area contributed by atoms with Gasteiger partial charge in [-0.15, -0.1) is 0 Å². The van der Waals surface area contributed by atoms with Crippen molar-refractivity contribution in [2.45, 2.75) is 50.0 Å². The van der Waals surface area contributed by atoms with Crippen molar-refractivity contribution >= 4 is 94.5 Å². The van der Waals surface area contributed by atoms with Crippen LogP contribution in [0.2, 0.25) is 0 Å². The minimum absolute atomic E-state index is 0. The maximum Gasteiger partial charge on any atom is -0.153 e. The van der Waals surface area contributed by atoms with Crippen LogP contribution in [0.1, 0.15) is 28.1 Å². The number of alkyl halides is 4. The van der Waals surface area contributed by atoms with E-state index < -0.39 is 81.0 Å². The molecule has 1 N–H and O–H groups in total. The normalized spacial score (nSPS) is 23.0. The van der Waals surface area contributed by atoms with Crippen molar-refractivity contribution in [3.8, 4) is 0 Å². The van der Waals surface area contributed by atoms with Gasteiger partial charge >= 0.3 is 277 Å². The predicted octanol–water partition coefficient (Wildman–Crippen LogP) is 2.16. The molecular formula is C27H32Bi2F4O12P2. The predicted molar refractivity (Wildman–Crippen MR) is 168 cm³/mol. The van der Waals surface area contributed by atoms with Gasteiger partial charge in [0, 0.05) is 0 Å². The minimum Gasteiger partial charge on any atom is -0.153 e. The van der Waals surface area contributed by atoms with Crippen LogP contribution in [0.4, 0.5) is 27.2 Å². The molecule has 4 rings (SSSR count). The maximum atomic E-state index is 13.7. The SMILES string of the molecule is C.O=[C]([BiH])OC1[C@@H](COC(=O)c2ccccc2)OC(=O)C1(F)F.O=[C]([BiH])OC1[C@@H](COC(=O)c2ccccc2)OC(O)C1(F)F.P.P. The van der Waals surface area contributed by atoms with Crippen molar-refractivity contribution in [2.75, 3.05) is 13.2 Å². The molecule has 260 valence electrons. The largest absolute Gasteiger partial charge is 0.153 e. The summed E-state index contributed by atoms with van der Waals surface area (Å²) in [6.07, 6.45) is -9.47. The number of aliphatic hydroxyl groups excluding tert-OH is 1. The van der Waals surface area contributed by atoms with Crippen LogP contribution in [-0.2, 0) is 33.2 Å². The fourth-order valence-electron chi connectivity index (χ4n) is 3.76. The molecule has 7 atom stereocenters. The molecule has 20 heteroatoms. The Hall–Kier alpha value is -1.94.